The molecule has 1 aliphatic heterocycles. The third-order valence-corrected chi connectivity index (χ3v) is 4.39. The minimum atomic E-state index is -1.08. The zero-order valence-corrected chi connectivity index (χ0v) is 18.7. The Bertz CT molecular complexity index is 867. The van der Waals surface area contributed by atoms with Crippen molar-refractivity contribution >= 4 is 30.2 Å². The van der Waals surface area contributed by atoms with Gasteiger partial charge in [0.1, 0.15) is 29.4 Å². The molecule has 3 rings (SSSR count). The quantitative estimate of drug-likeness (QED) is 0.323. The van der Waals surface area contributed by atoms with Crippen molar-refractivity contribution in [3.8, 4) is 5.75 Å². The maximum Gasteiger partial charge on any atom is 0.135 e. The largest absolute Gasteiger partial charge is 0.490 e. The first-order chi connectivity index (χ1) is 15.5. The van der Waals surface area contributed by atoms with Crippen molar-refractivity contribution in [3.63, 3.8) is 0 Å². The fourth-order valence-corrected chi connectivity index (χ4v) is 2.37. The van der Waals surface area contributed by atoms with Crippen LogP contribution < -0.4 is 26.8 Å². The van der Waals surface area contributed by atoms with E-state index in [0.29, 0.717) is 23.0 Å². The summed E-state index contributed by atoms with van der Waals surface area (Å²) < 4.78 is 18.9. The summed E-state index contributed by atoms with van der Waals surface area (Å²) in [5.41, 5.74) is 12.9. The number of pyridine rings is 1. The molecule has 174 valence electrons. The number of anilines is 1. The summed E-state index contributed by atoms with van der Waals surface area (Å²) >= 11 is 0. The molecule has 0 spiro atoms. The number of amidine groups is 1. The van der Waals surface area contributed by atoms with E-state index in [-0.39, 0.29) is 18.5 Å². The predicted octanol–water partition coefficient (Wildman–Crippen LogP) is 2.27. The molecular weight excluding hydrogens is 411 g/mol. The maximum atomic E-state index is 12.9. The number of rotatable bonds is 10. The van der Waals surface area contributed by atoms with Gasteiger partial charge < -0.3 is 26.8 Å². The molecule has 0 bridgehead atoms. The summed E-state index contributed by atoms with van der Waals surface area (Å²) in [5.74, 6) is 1.58. The Morgan fingerprint density at radius 2 is 2.16 bits per heavy atom. The van der Waals surface area contributed by atoms with Gasteiger partial charge in [0.05, 0.1) is 12.6 Å². The Hall–Kier alpha value is -3.27. The van der Waals surface area contributed by atoms with Crippen LogP contribution in [0.2, 0.25) is 0 Å². The second-order valence-electron chi connectivity index (χ2n) is 7.35. The zero-order chi connectivity index (χ0) is 23.3. The first-order valence-corrected chi connectivity index (χ1v) is 10.6. The van der Waals surface area contributed by atoms with E-state index in [1.54, 1.807) is 25.5 Å². The van der Waals surface area contributed by atoms with E-state index in [1.807, 2.05) is 0 Å². The van der Waals surface area contributed by atoms with Crippen molar-refractivity contribution in [2.45, 2.75) is 38.5 Å². The van der Waals surface area contributed by atoms with Crippen molar-refractivity contribution < 1.29 is 9.13 Å². The average Bonchev–Trinajstić information content (AvgIpc) is 3.53. The molecule has 0 amide bonds. The van der Waals surface area contributed by atoms with Crippen LogP contribution in [0.5, 0.6) is 5.75 Å². The lowest BCUT2D eigenvalue weighted by atomic mass is 10.1. The predicted molar refractivity (Wildman–Crippen MR) is 130 cm³/mol. The topological polar surface area (TPSA) is 135 Å². The smallest absolute Gasteiger partial charge is 0.135 e. The summed E-state index contributed by atoms with van der Waals surface area (Å²) in [4.78, 5) is 16.2. The summed E-state index contributed by atoms with van der Waals surface area (Å²) in [6.45, 7) is 7.39. The van der Waals surface area contributed by atoms with Crippen LogP contribution in [-0.4, -0.2) is 62.7 Å². The molecule has 10 heteroatoms. The van der Waals surface area contributed by atoms with Gasteiger partial charge >= 0.3 is 0 Å². The summed E-state index contributed by atoms with van der Waals surface area (Å²) in [6, 6.07) is 1.75. The molecule has 32 heavy (non-hydrogen) atoms. The van der Waals surface area contributed by atoms with E-state index >= 15 is 0 Å². The number of aromatic nitrogens is 1. The first kappa shape index (κ1) is 25.0. The van der Waals surface area contributed by atoms with Crippen LogP contribution in [0.25, 0.3) is 5.57 Å². The van der Waals surface area contributed by atoms with Gasteiger partial charge in [-0.15, -0.1) is 0 Å². The number of allylic oxidation sites excluding steroid dienone is 1. The number of ether oxygens (including phenoxy) is 1. The highest BCUT2D eigenvalue weighted by Crippen LogP contribution is 2.33. The molecule has 1 aromatic heterocycles. The van der Waals surface area contributed by atoms with Gasteiger partial charge in [0, 0.05) is 48.9 Å². The first-order valence-electron chi connectivity index (χ1n) is 10.6. The van der Waals surface area contributed by atoms with Gasteiger partial charge in [-0.25, -0.2) is 14.4 Å². The Morgan fingerprint density at radius 3 is 2.66 bits per heavy atom. The molecule has 2 heterocycles. The molecular formula is C22H33FN8O. The molecule has 0 aromatic carbocycles. The summed E-state index contributed by atoms with van der Waals surface area (Å²) in [5, 5.41) is 6.11. The van der Waals surface area contributed by atoms with Crippen LogP contribution >= 0.6 is 0 Å². The van der Waals surface area contributed by atoms with Gasteiger partial charge in [-0.05, 0) is 46.0 Å². The van der Waals surface area contributed by atoms with E-state index in [0.717, 1.165) is 18.4 Å². The van der Waals surface area contributed by atoms with Crippen LogP contribution in [0.3, 0.4) is 0 Å². The highest BCUT2D eigenvalue weighted by Gasteiger charge is 2.25. The normalized spacial score (nSPS) is 17.8. The van der Waals surface area contributed by atoms with Gasteiger partial charge in [-0.3, -0.25) is 9.98 Å². The molecule has 1 saturated carbocycles. The van der Waals surface area contributed by atoms with E-state index in [1.165, 1.54) is 38.7 Å². The van der Waals surface area contributed by atoms with Crippen LogP contribution in [0.1, 0.15) is 31.7 Å². The zero-order valence-electron chi connectivity index (χ0n) is 18.7. The monoisotopic (exact) mass is 444 g/mol. The number of hydrogen-bond acceptors (Lipinski definition) is 8. The Labute approximate surface area is 188 Å². The number of nitrogens with zero attached hydrogens (tertiary/aromatic N) is 4. The van der Waals surface area contributed by atoms with E-state index in [9.17, 15) is 4.39 Å². The Balaban J connectivity index is 0.000000813. The van der Waals surface area contributed by atoms with Gasteiger partial charge in [-0.2, -0.15) is 0 Å². The second-order valence-corrected chi connectivity index (χ2v) is 7.35. The molecule has 9 nitrogen and oxygen atoms in total. The number of nitrogens with one attached hydrogen (secondary N) is 2. The lowest BCUT2D eigenvalue weighted by Crippen LogP contribution is -2.29. The fraction of sp³-hybridized carbons (Fsp3) is 0.455. The van der Waals surface area contributed by atoms with Crippen LogP contribution in [0.4, 0.5) is 10.2 Å². The van der Waals surface area contributed by atoms with Crippen LogP contribution in [0.15, 0.2) is 45.3 Å². The van der Waals surface area contributed by atoms with Crippen LogP contribution in [-0.2, 0) is 0 Å². The molecule has 2 aliphatic rings. The molecule has 1 saturated heterocycles. The van der Waals surface area contributed by atoms with Crippen molar-refractivity contribution in [3.05, 3.63) is 35.9 Å². The standard InChI is InChI=1S/C19H26FN7O.C3H7N/c1-12(20)9-25-17(22)7-18(24-3)27-19-6-16(28-14-4-5-14)15(11-26-19)13(8-21)10-23-2;1-2-4-3-1/h6-8,10-12,14H,3-5,9,21H2,1-2H3,(H2,22,25)(H,26,27);4H,1-3H2/b13-8+,18-7+,23-10?;. The third-order valence-electron chi connectivity index (χ3n) is 4.39. The van der Waals surface area contributed by atoms with Gasteiger partial charge in [0.15, 0.2) is 0 Å². The fourth-order valence-electron chi connectivity index (χ4n) is 2.37. The van der Waals surface area contributed by atoms with E-state index < -0.39 is 6.17 Å². The molecule has 0 radical (unpaired) electrons. The highest BCUT2D eigenvalue weighted by atomic mass is 19.1. The number of aliphatic imine (C=N–C) groups is 3. The lowest BCUT2D eigenvalue weighted by Gasteiger charge is -2.13. The molecule has 1 aliphatic carbocycles. The van der Waals surface area contributed by atoms with Crippen LogP contribution in [0, 0.1) is 0 Å². The van der Waals surface area contributed by atoms with E-state index in [2.05, 4.69) is 37.3 Å². The van der Waals surface area contributed by atoms with Crippen molar-refractivity contribution in [2.75, 3.05) is 32.0 Å². The second kappa shape index (κ2) is 13.2. The number of halogens is 1. The maximum absolute atomic E-state index is 12.9. The van der Waals surface area contributed by atoms with E-state index in [4.69, 9.17) is 16.2 Å². The molecule has 1 aromatic rings. The molecule has 6 N–H and O–H groups in total. The Morgan fingerprint density at radius 1 is 1.47 bits per heavy atom. The molecule has 1 atom stereocenters. The van der Waals surface area contributed by atoms with Crippen molar-refractivity contribution in [1.29, 1.82) is 0 Å². The lowest BCUT2D eigenvalue weighted by molar-refractivity contribution is 0.302. The number of alkyl halides is 1. The summed E-state index contributed by atoms with van der Waals surface area (Å²) in [6.07, 6.45) is 8.71. The Kier molecular flexibility index (Phi) is 10.3. The van der Waals surface area contributed by atoms with Gasteiger partial charge in [0.2, 0.25) is 0 Å². The minimum absolute atomic E-state index is 0.0216. The molecule has 1 unspecified atom stereocenters. The number of nitrogens with two attached hydrogens (primary N) is 2. The minimum Gasteiger partial charge on any atom is -0.490 e. The average molecular weight is 445 g/mol. The third kappa shape index (κ3) is 8.84. The van der Waals surface area contributed by atoms with Gasteiger partial charge in [0.25, 0.3) is 0 Å². The molecule has 2 fully saturated rings. The SMILES string of the molecule is C1CNC1.C=N/C(=C\C(N)=NCC(C)F)Nc1cc(OC2CC2)c(/C(C=NC)=C/N)cn1. The van der Waals surface area contributed by atoms with Gasteiger partial charge in [-0.1, -0.05) is 0 Å². The van der Waals surface area contributed by atoms with Crippen molar-refractivity contribution in [1.82, 2.24) is 10.3 Å². The summed E-state index contributed by atoms with van der Waals surface area (Å²) in [7, 11) is 1.66. The highest BCUT2D eigenvalue weighted by molar-refractivity contribution is 6.10. The van der Waals surface area contributed by atoms with Crippen molar-refractivity contribution in [2.24, 2.45) is 26.4 Å². The number of hydrogen-bond donors (Lipinski definition) is 4.